The predicted octanol–water partition coefficient (Wildman–Crippen LogP) is 4.71. The molecule has 3 aromatic carbocycles. The summed E-state index contributed by atoms with van der Waals surface area (Å²) in [7, 11) is 0. The smallest absolute Gasteiger partial charge is 0.343 e. The molecule has 7 heteroatoms. The third-order valence-electron chi connectivity index (χ3n) is 4.03. The second kappa shape index (κ2) is 8.62. The fraction of sp³-hybridized carbons (Fsp3) is 0. The minimum Gasteiger partial charge on any atom is -0.423 e. The van der Waals surface area contributed by atoms with Crippen LogP contribution in [-0.4, -0.2) is 16.8 Å². The second-order valence-corrected chi connectivity index (χ2v) is 5.97. The Morgan fingerprint density at radius 1 is 0.966 bits per heavy atom. The van der Waals surface area contributed by atoms with Gasteiger partial charge in [0.05, 0.1) is 16.2 Å². The molecule has 0 saturated heterocycles. The molecule has 29 heavy (non-hydrogen) atoms. The van der Waals surface area contributed by atoms with E-state index in [9.17, 15) is 19.7 Å². The fourth-order valence-electron chi connectivity index (χ4n) is 2.58. The number of ether oxygens (including phenoxy) is 1. The van der Waals surface area contributed by atoms with Gasteiger partial charge in [0.15, 0.2) is 0 Å². The van der Waals surface area contributed by atoms with Gasteiger partial charge in [-0.25, -0.2) is 4.79 Å². The second-order valence-electron chi connectivity index (χ2n) is 5.97. The van der Waals surface area contributed by atoms with Gasteiger partial charge in [-0.05, 0) is 35.9 Å². The first-order valence-electron chi connectivity index (χ1n) is 8.57. The molecule has 0 aromatic heterocycles. The van der Waals surface area contributed by atoms with Crippen molar-refractivity contribution in [3.05, 3.63) is 106 Å². The molecule has 1 amide bonds. The van der Waals surface area contributed by atoms with Crippen molar-refractivity contribution in [2.45, 2.75) is 0 Å². The number of nitro groups is 1. The van der Waals surface area contributed by atoms with Crippen molar-refractivity contribution in [1.82, 2.24) is 0 Å². The molecule has 0 bridgehead atoms. The summed E-state index contributed by atoms with van der Waals surface area (Å²) in [5, 5.41) is 13.6. The molecule has 0 heterocycles. The molecule has 0 fully saturated rings. The highest BCUT2D eigenvalue weighted by atomic mass is 16.6. The zero-order valence-corrected chi connectivity index (χ0v) is 15.2. The first-order chi connectivity index (χ1) is 14.0. The Balaban J connectivity index is 1.83. The maximum absolute atomic E-state index is 12.5. The number of rotatable bonds is 6. The van der Waals surface area contributed by atoms with E-state index in [0.29, 0.717) is 16.8 Å². The summed E-state index contributed by atoms with van der Waals surface area (Å²) in [5.74, 6) is -0.838. The van der Waals surface area contributed by atoms with Crippen LogP contribution in [0, 0.1) is 10.1 Å². The summed E-state index contributed by atoms with van der Waals surface area (Å²) >= 11 is 0. The summed E-state index contributed by atoms with van der Waals surface area (Å²) < 4.78 is 5.36. The summed E-state index contributed by atoms with van der Waals surface area (Å²) in [6.07, 6.45) is 1.53. The molecule has 7 nitrogen and oxygen atoms in total. The van der Waals surface area contributed by atoms with Crippen molar-refractivity contribution >= 4 is 29.3 Å². The lowest BCUT2D eigenvalue weighted by Gasteiger charge is -2.11. The van der Waals surface area contributed by atoms with E-state index >= 15 is 0 Å². The lowest BCUT2D eigenvalue weighted by Crippen LogP contribution is -2.14. The van der Waals surface area contributed by atoms with E-state index in [1.54, 1.807) is 42.5 Å². The first-order valence-corrected chi connectivity index (χ1v) is 8.57. The highest BCUT2D eigenvalue weighted by Gasteiger charge is 2.14. The van der Waals surface area contributed by atoms with Crippen LogP contribution in [0.15, 0.2) is 79.4 Å². The van der Waals surface area contributed by atoms with Crippen molar-refractivity contribution in [1.29, 1.82) is 0 Å². The average Bonchev–Trinajstić information content (AvgIpc) is 2.74. The number of nitrogens with zero attached hydrogens (tertiary/aromatic N) is 1. The van der Waals surface area contributed by atoms with Crippen LogP contribution < -0.4 is 10.1 Å². The van der Waals surface area contributed by atoms with Gasteiger partial charge in [0.1, 0.15) is 5.75 Å². The number of benzene rings is 3. The van der Waals surface area contributed by atoms with Crippen molar-refractivity contribution in [2.24, 2.45) is 0 Å². The molecule has 144 valence electrons. The molecule has 0 atom stereocenters. The predicted molar refractivity (Wildman–Crippen MR) is 109 cm³/mol. The molecular weight excluding hydrogens is 372 g/mol. The standard InChI is InChI=1S/C22H16N2O5/c1-2-15-11-12-19(29-22(26)16-7-4-3-5-8-16)14-20(15)23-21(25)17-9-6-10-18(13-17)24(27)28/h2-14H,1H2,(H,23,25). The van der Waals surface area contributed by atoms with Crippen LogP contribution in [0.25, 0.3) is 6.08 Å². The monoisotopic (exact) mass is 388 g/mol. The summed E-state index contributed by atoms with van der Waals surface area (Å²) in [4.78, 5) is 35.1. The zero-order valence-electron chi connectivity index (χ0n) is 15.2. The number of hydrogen-bond donors (Lipinski definition) is 1. The van der Waals surface area contributed by atoms with Crippen molar-refractivity contribution < 1.29 is 19.2 Å². The highest BCUT2D eigenvalue weighted by molar-refractivity contribution is 6.05. The molecule has 0 spiro atoms. The normalized spacial score (nSPS) is 10.1. The number of nitrogens with one attached hydrogen (secondary N) is 1. The van der Waals surface area contributed by atoms with Gasteiger partial charge in [0, 0.05) is 23.8 Å². The van der Waals surface area contributed by atoms with E-state index in [2.05, 4.69) is 11.9 Å². The highest BCUT2D eigenvalue weighted by Crippen LogP contribution is 2.25. The number of carbonyl (C=O) groups is 2. The van der Waals surface area contributed by atoms with E-state index < -0.39 is 16.8 Å². The Bertz CT molecular complexity index is 1090. The largest absolute Gasteiger partial charge is 0.423 e. The van der Waals surface area contributed by atoms with Crippen LogP contribution in [-0.2, 0) is 0 Å². The van der Waals surface area contributed by atoms with Crippen LogP contribution in [0.3, 0.4) is 0 Å². The van der Waals surface area contributed by atoms with E-state index in [1.165, 1.54) is 36.4 Å². The minimum atomic E-state index is -0.574. The number of carbonyl (C=O) groups excluding carboxylic acids is 2. The molecule has 0 radical (unpaired) electrons. The topological polar surface area (TPSA) is 98.5 Å². The van der Waals surface area contributed by atoms with Crippen LogP contribution in [0.5, 0.6) is 5.75 Å². The van der Waals surface area contributed by atoms with E-state index in [0.717, 1.165) is 0 Å². The Morgan fingerprint density at radius 2 is 1.69 bits per heavy atom. The lowest BCUT2D eigenvalue weighted by molar-refractivity contribution is -0.384. The molecule has 1 N–H and O–H groups in total. The quantitative estimate of drug-likeness (QED) is 0.285. The Kier molecular flexibility index (Phi) is 5.80. The van der Waals surface area contributed by atoms with Crippen LogP contribution in [0.2, 0.25) is 0 Å². The molecule has 3 aromatic rings. The van der Waals surface area contributed by atoms with Gasteiger partial charge in [-0.15, -0.1) is 0 Å². The molecule has 3 rings (SSSR count). The number of amides is 1. The summed E-state index contributed by atoms with van der Waals surface area (Å²) in [6.45, 7) is 3.70. The van der Waals surface area contributed by atoms with Gasteiger partial charge in [-0.1, -0.05) is 36.9 Å². The maximum Gasteiger partial charge on any atom is 0.343 e. The van der Waals surface area contributed by atoms with Gasteiger partial charge in [-0.3, -0.25) is 14.9 Å². The summed E-state index contributed by atoms with van der Waals surface area (Å²) in [6, 6.07) is 18.6. The summed E-state index contributed by atoms with van der Waals surface area (Å²) in [5.41, 5.74) is 1.29. The molecule has 0 unspecified atom stereocenters. The van der Waals surface area contributed by atoms with E-state index in [-0.39, 0.29) is 17.0 Å². The van der Waals surface area contributed by atoms with E-state index in [1.807, 2.05) is 0 Å². The van der Waals surface area contributed by atoms with Crippen molar-refractivity contribution in [3.63, 3.8) is 0 Å². The van der Waals surface area contributed by atoms with Gasteiger partial charge < -0.3 is 10.1 Å². The van der Waals surface area contributed by atoms with Gasteiger partial charge in [0.25, 0.3) is 11.6 Å². The molecule has 0 aliphatic heterocycles. The maximum atomic E-state index is 12.5. The zero-order chi connectivity index (χ0) is 20.8. The van der Waals surface area contributed by atoms with Gasteiger partial charge in [0.2, 0.25) is 0 Å². The van der Waals surface area contributed by atoms with Crippen molar-refractivity contribution in [3.8, 4) is 5.75 Å². The van der Waals surface area contributed by atoms with Crippen molar-refractivity contribution in [2.75, 3.05) is 5.32 Å². The van der Waals surface area contributed by atoms with Crippen LogP contribution in [0.1, 0.15) is 26.3 Å². The van der Waals surface area contributed by atoms with Crippen LogP contribution >= 0.6 is 0 Å². The Labute approximate surface area is 166 Å². The van der Waals surface area contributed by atoms with Gasteiger partial charge >= 0.3 is 5.97 Å². The third-order valence-corrected chi connectivity index (χ3v) is 4.03. The Hall–Kier alpha value is -4.26. The number of esters is 1. The first kappa shape index (κ1) is 19.5. The number of non-ortho nitro benzene ring substituents is 1. The molecule has 0 aliphatic carbocycles. The number of nitro benzene ring substituents is 1. The number of anilines is 1. The minimum absolute atomic E-state index is 0.126. The Morgan fingerprint density at radius 3 is 2.38 bits per heavy atom. The SMILES string of the molecule is C=Cc1ccc(OC(=O)c2ccccc2)cc1NC(=O)c1cccc([N+](=O)[O-])c1. The van der Waals surface area contributed by atoms with E-state index in [4.69, 9.17) is 4.74 Å². The number of hydrogen-bond acceptors (Lipinski definition) is 5. The average molecular weight is 388 g/mol. The fourth-order valence-corrected chi connectivity index (χ4v) is 2.58. The lowest BCUT2D eigenvalue weighted by atomic mass is 10.1. The molecule has 0 aliphatic rings. The molecular formula is C22H16N2O5. The van der Waals surface area contributed by atoms with Gasteiger partial charge in [-0.2, -0.15) is 0 Å². The molecule has 0 saturated carbocycles. The third kappa shape index (κ3) is 4.72. The van der Waals surface area contributed by atoms with Crippen LogP contribution in [0.4, 0.5) is 11.4 Å².